The van der Waals surface area contributed by atoms with Crippen LogP contribution in [0.1, 0.15) is 57.9 Å². The monoisotopic (exact) mass is 293 g/mol. The van der Waals surface area contributed by atoms with Crippen molar-refractivity contribution in [3.63, 3.8) is 0 Å². The summed E-state index contributed by atoms with van der Waals surface area (Å²) in [5, 5.41) is 0. The Balaban J connectivity index is 2.45. The lowest BCUT2D eigenvalue weighted by Gasteiger charge is -2.19. The van der Waals surface area contributed by atoms with Crippen LogP contribution < -0.4 is 10.5 Å². The maximum atomic E-state index is 5.74. The van der Waals surface area contributed by atoms with E-state index in [2.05, 4.69) is 32.9 Å². The fraction of sp³-hybridized carbons (Fsp3) is 0.588. The summed E-state index contributed by atoms with van der Waals surface area (Å²) in [5.41, 5.74) is 6.97. The number of thiocarbonyl (C=S) groups is 1. The molecular weight excluding hydrogens is 266 g/mol. The van der Waals surface area contributed by atoms with Crippen LogP contribution >= 0.6 is 12.2 Å². The molecule has 112 valence electrons. The van der Waals surface area contributed by atoms with Gasteiger partial charge in [-0.3, -0.25) is 0 Å². The zero-order chi connectivity index (χ0) is 15.0. The number of hydrogen-bond donors (Lipinski definition) is 1. The second kappa shape index (κ2) is 8.96. The number of rotatable bonds is 9. The predicted octanol–water partition coefficient (Wildman–Crippen LogP) is 4.67. The minimum absolute atomic E-state index is 0.214. The molecule has 2 unspecified atom stereocenters. The minimum atomic E-state index is 0.214. The molecule has 0 saturated carbocycles. The van der Waals surface area contributed by atoms with Crippen LogP contribution in [0.15, 0.2) is 24.3 Å². The van der Waals surface area contributed by atoms with Gasteiger partial charge in [0.15, 0.2) is 0 Å². The summed E-state index contributed by atoms with van der Waals surface area (Å²) in [6, 6.07) is 8.30. The Labute approximate surface area is 128 Å². The summed E-state index contributed by atoms with van der Waals surface area (Å²) < 4.78 is 5.74. The van der Waals surface area contributed by atoms with E-state index in [9.17, 15) is 0 Å². The van der Waals surface area contributed by atoms with Gasteiger partial charge in [-0.05, 0) is 30.0 Å². The smallest absolute Gasteiger partial charge is 0.119 e. The lowest BCUT2D eigenvalue weighted by atomic mass is 9.89. The fourth-order valence-corrected chi connectivity index (χ4v) is 2.33. The quantitative estimate of drug-likeness (QED) is 0.531. The SMILES string of the molecule is CCCCCCOc1ccc(C(C)C(C)C(N)=S)cc1. The molecule has 1 aromatic carbocycles. The number of unbranched alkanes of at least 4 members (excludes halogenated alkanes) is 3. The van der Waals surface area contributed by atoms with Crippen LogP contribution in [0.3, 0.4) is 0 Å². The maximum Gasteiger partial charge on any atom is 0.119 e. The van der Waals surface area contributed by atoms with Crippen molar-refractivity contribution in [2.45, 2.75) is 52.4 Å². The molecule has 0 saturated heterocycles. The second-order valence-electron chi connectivity index (χ2n) is 5.46. The van der Waals surface area contributed by atoms with Crippen molar-refractivity contribution in [2.75, 3.05) is 6.61 Å². The fourth-order valence-electron chi connectivity index (χ4n) is 2.12. The van der Waals surface area contributed by atoms with E-state index in [0.717, 1.165) is 18.8 Å². The van der Waals surface area contributed by atoms with Crippen LogP contribution in [0.4, 0.5) is 0 Å². The van der Waals surface area contributed by atoms with Gasteiger partial charge in [-0.15, -0.1) is 0 Å². The Morgan fingerprint density at radius 2 is 1.80 bits per heavy atom. The minimum Gasteiger partial charge on any atom is -0.494 e. The van der Waals surface area contributed by atoms with Gasteiger partial charge in [0.25, 0.3) is 0 Å². The van der Waals surface area contributed by atoms with Crippen molar-refractivity contribution in [1.29, 1.82) is 0 Å². The van der Waals surface area contributed by atoms with Crippen molar-refractivity contribution in [1.82, 2.24) is 0 Å². The van der Waals surface area contributed by atoms with Crippen LogP contribution in [-0.2, 0) is 0 Å². The average molecular weight is 293 g/mol. The van der Waals surface area contributed by atoms with Gasteiger partial charge in [-0.1, -0.05) is 64.4 Å². The van der Waals surface area contributed by atoms with E-state index < -0.39 is 0 Å². The van der Waals surface area contributed by atoms with Gasteiger partial charge < -0.3 is 10.5 Å². The second-order valence-corrected chi connectivity index (χ2v) is 5.93. The normalized spacial score (nSPS) is 13.8. The highest BCUT2D eigenvalue weighted by atomic mass is 32.1. The molecular formula is C17H27NOS. The Hall–Kier alpha value is -1.09. The molecule has 3 heteroatoms. The molecule has 0 aromatic heterocycles. The third kappa shape index (κ3) is 5.49. The molecule has 0 amide bonds. The van der Waals surface area contributed by atoms with Gasteiger partial charge in [0.05, 0.1) is 11.6 Å². The van der Waals surface area contributed by atoms with Crippen LogP contribution in [0.2, 0.25) is 0 Å². The Morgan fingerprint density at radius 3 is 2.35 bits per heavy atom. The van der Waals surface area contributed by atoms with Crippen molar-refractivity contribution in [3.05, 3.63) is 29.8 Å². The lowest BCUT2D eigenvalue weighted by Crippen LogP contribution is -2.23. The summed E-state index contributed by atoms with van der Waals surface area (Å²) in [4.78, 5) is 0.578. The molecule has 1 aromatic rings. The molecule has 0 radical (unpaired) electrons. The van der Waals surface area contributed by atoms with Crippen LogP contribution in [-0.4, -0.2) is 11.6 Å². The molecule has 2 N–H and O–H groups in total. The Morgan fingerprint density at radius 1 is 1.15 bits per heavy atom. The van der Waals surface area contributed by atoms with Crippen molar-refractivity contribution in [3.8, 4) is 5.75 Å². The average Bonchev–Trinajstić information content (AvgIpc) is 2.46. The van der Waals surface area contributed by atoms with Gasteiger partial charge in [-0.25, -0.2) is 0 Å². The van der Waals surface area contributed by atoms with E-state index in [1.54, 1.807) is 0 Å². The van der Waals surface area contributed by atoms with Gasteiger partial charge in [0, 0.05) is 5.92 Å². The molecule has 0 aliphatic rings. The van der Waals surface area contributed by atoms with E-state index in [1.807, 2.05) is 12.1 Å². The summed E-state index contributed by atoms with van der Waals surface area (Å²) in [5.74, 6) is 1.50. The van der Waals surface area contributed by atoms with Crippen molar-refractivity contribution in [2.24, 2.45) is 11.7 Å². The topological polar surface area (TPSA) is 35.2 Å². The highest BCUT2D eigenvalue weighted by Gasteiger charge is 2.16. The Kier molecular flexibility index (Phi) is 7.60. The first-order valence-corrected chi connectivity index (χ1v) is 7.99. The van der Waals surface area contributed by atoms with Crippen LogP contribution in [0.25, 0.3) is 0 Å². The number of nitrogens with two attached hydrogens (primary N) is 1. The molecule has 2 nitrogen and oxygen atoms in total. The summed E-state index contributed by atoms with van der Waals surface area (Å²) >= 11 is 5.07. The summed E-state index contributed by atoms with van der Waals surface area (Å²) in [6.07, 6.45) is 4.92. The van der Waals surface area contributed by atoms with Crippen LogP contribution in [0.5, 0.6) is 5.75 Å². The van der Waals surface area contributed by atoms with Crippen LogP contribution in [0, 0.1) is 5.92 Å². The Bertz CT molecular complexity index is 402. The summed E-state index contributed by atoms with van der Waals surface area (Å²) in [7, 11) is 0. The third-order valence-corrected chi connectivity index (χ3v) is 4.24. The zero-order valence-corrected chi connectivity index (χ0v) is 13.7. The standard InChI is InChI=1S/C17H27NOS/c1-4-5-6-7-12-19-16-10-8-15(9-11-16)13(2)14(3)17(18)20/h8-11,13-14H,4-7,12H2,1-3H3,(H2,18,20). The van der Waals surface area contributed by atoms with Gasteiger partial charge >= 0.3 is 0 Å². The molecule has 0 aliphatic heterocycles. The van der Waals surface area contributed by atoms with E-state index in [1.165, 1.54) is 24.8 Å². The number of hydrogen-bond acceptors (Lipinski definition) is 2. The van der Waals surface area contributed by atoms with Gasteiger partial charge in [0.2, 0.25) is 0 Å². The molecule has 1 rings (SSSR count). The molecule has 0 bridgehead atoms. The third-order valence-electron chi connectivity index (χ3n) is 3.87. The maximum absolute atomic E-state index is 5.74. The van der Waals surface area contributed by atoms with E-state index in [0.29, 0.717) is 10.9 Å². The first-order valence-electron chi connectivity index (χ1n) is 7.58. The predicted molar refractivity (Wildman–Crippen MR) is 90.4 cm³/mol. The molecule has 0 aliphatic carbocycles. The molecule has 0 spiro atoms. The van der Waals surface area contributed by atoms with E-state index in [4.69, 9.17) is 22.7 Å². The van der Waals surface area contributed by atoms with Crippen molar-refractivity contribution >= 4 is 17.2 Å². The van der Waals surface area contributed by atoms with E-state index in [-0.39, 0.29) is 5.92 Å². The van der Waals surface area contributed by atoms with Gasteiger partial charge in [0.1, 0.15) is 5.75 Å². The molecule has 0 fully saturated rings. The first-order chi connectivity index (χ1) is 9.56. The molecule has 0 heterocycles. The zero-order valence-electron chi connectivity index (χ0n) is 12.9. The first kappa shape index (κ1) is 17.0. The van der Waals surface area contributed by atoms with Crippen molar-refractivity contribution < 1.29 is 4.74 Å². The molecule has 20 heavy (non-hydrogen) atoms. The molecule has 2 atom stereocenters. The highest BCUT2D eigenvalue weighted by Crippen LogP contribution is 2.26. The van der Waals surface area contributed by atoms with E-state index >= 15 is 0 Å². The summed E-state index contributed by atoms with van der Waals surface area (Å²) in [6.45, 7) is 7.25. The largest absolute Gasteiger partial charge is 0.494 e. The highest BCUT2D eigenvalue weighted by molar-refractivity contribution is 7.80. The number of ether oxygens (including phenoxy) is 1. The lowest BCUT2D eigenvalue weighted by molar-refractivity contribution is 0.305. The number of benzene rings is 1. The van der Waals surface area contributed by atoms with Gasteiger partial charge in [-0.2, -0.15) is 0 Å².